The summed E-state index contributed by atoms with van der Waals surface area (Å²) in [5, 5.41) is 4.01. The molecule has 2 aromatic rings. The minimum atomic E-state index is 0.664. The molecule has 1 N–H and O–H groups in total. The Bertz CT molecular complexity index is 663. The first-order valence-electron chi connectivity index (χ1n) is 7.38. The average Bonchev–Trinajstić information content (AvgIpc) is 2.51. The highest BCUT2D eigenvalue weighted by molar-refractivity contribution is 6.33. The van der Waals surface area contributed by atoms with E-state index in [4.69, 9.17) is 11.6 Å². The first-order valence-corrected chi connectivity index (χ1v) is 7.75. The molecule has 0 aliphatic heterocycles. The number of nitrogens with zero attached hydrogens (tertiary/aromatic N) is 2. The van der Waals surface area contributed by atoms with E-state index in [1.807, 2.05) is 49.5 Å². The second-order valence-corrected chi connectivity index (χ2v) is 5.83. The number of benzene rings is 2. The van der Waals surface area contributed by atoms with Gasteiger partial charge in [-0.15, -0.1) is 0 Å². The fraction of sp³-hybridized carbons (Fsp3) is 0.278. The third-order valence-electron chi connectivity index (χ3n) is 3.51. The van der Waals surface area contributed by atoms with E-state index in [9.17, 15) is 0 Å². The van der Waals surface area contributed by atoms with Gasteiger partial charge in [0.25, 0.3) is 0 Å². The maximum Gasteiger partial charge on any atom is 0.0909 e. The number of aliphatic imine (C=N–C) groups is 1. The van der Waals surface area contributed by atoms with Gasteiger partial charge in [-0.3, -0.25) is 0 Å². The zero-order valence-electron chi connectivity index (χ0n) is 13.5. The minimum Gasteiger partial charge on any atom is -0.366 e. The normalized spacial score (nSPS) is 11.0. The predicted octanol–water partition coefficient (Wildman–Crippen LogP) is 5.31. The van der Waals surface area contributed by atoms with Crippen LogP contribution in [-0.2, 0) is 0 Å². The molecule has 2 rings (SSSR count). The van der Waals surface area contributed by atoms with Gasteiger partial charge in [-0.1, -0.05) is 29.3 Å². The molecule has 22 heavy (non-hydrogen) atoms. The van der Waals surface area contributed by atoms with Crippen LogP contribution in [0.2, 0.25) is 5.02 Å². The van der Waals surface area contributed by atoms with Crippen molar-refractivity contribution in [3.63, 3.8) is 0 Å². The van der Waals surface area contributed by atoms with Gasteiger partial charge < -0.3 is 10.2 Å². The number of nitrogens with one attached hydrogen (secondary N) is 1. The first kappa shape index (κ1) is 16.4. The summed E-state index contributed by atoms with van der Waals surface area (Å²) >= 11 is 6.38. The largest absolute Gasteiger partial charge is 0.366 e. The van der Waals surface area contributed by atoms with Crippen molar-refractivity contribution >= 4 is 35.0 Å². The van der Waals surface area contributed by atoms with E-state index in [1.54, 1.807) is 0 Å². The van der Waals surface area contributed by atoms with Crippen molar-refractivity contribution in [2.45, 2.75) is 20.8 Å². The number of rotatable bonds is 5. The lowest BCUT2D eigenvalue weighted by Crippen LogP contribution is -2.14. The zero-order chi connectivity index (χ0) is 16.1. The summed E-state index contributed by atoms with van der Waals surface area (Å²) in [6.07, 6.45) is 1.83. The molecule has 4 heteroatoms. The summed E-state index contributed by atoms with van der Waals surface area (Å²) in [7, 11) is 1.99. The van der Waals surface area contributed by atoms with Gasteiger partial charge in [-0.05, 0) is 50.6 Å². The van der Waals surface area contributed by atoms with Crippen LogP contribution >= 0.6 is 11.6 Å². The van der Waals surface area contributed by atoms with Crippen molar-refractivity contribution in [2.24, 2.45) is 4.99 Å². The van der Waals surface area contributed by atoms with Crippen LogP contribution in [0.5, 0.6) is 0 Å². The molecule has 3 nitrogen and oxygen atoms in total. The lowest BCUT2D eigenvalue weighted by Gasteiger charge is -2.12. The molecule has 0 atom stereocenters. The predicted molar refractivity (Wildman–Crippen MR) is 97.1 cm³/mol. The van der Waals surface area contributed by atoms with Crippen LogP contribution in [0.1, 0.15) is 18.1 Å². The van der Waals surface area contributed by atoms with Crippen molar-refractivity contribution in [1.82, 2.24) is 4.90 Å². The summed E-state index contributed by atoms with van der Waals surface area (Å²) in [4.78, 5) is 6.51. The molecule has 0 heterocycles. The van der Waals surface area contributed by atoms with Gasteiger partial charge in [0, 0.05) is 19.3 Å². The molecule has 0 aromatic heterocycles. The number of aryl methyl sites for hydroxylation is 2. The molecular formula is C18H22ClN3. The molecule has 2 aromatic carbocycles. The van der Waals surface area contributed by atoms with E-state index in [1.165, 1.54) is 5.56 Å². The average molecular weight is 316 g/mol. The maximum absolute atomic E-state index is 6.38. The second kappa shape index (κ2) is 7.32. The van der Waals surface area contributed by atoms with E-state index in [2.05, 4.69) is 36.3 Å². The highest BCUT2D eigenvalue weighted by Gasteiger charge is 2.06. The Labute approximate surface area is 137 Å². The highest BCUT2D eigenvalue weighted by atomic mass is 35.5. The van der Waals surface area contributed by atoms with E-state index in [0.717, 1.165) is 29.2 Å². The number of halogens is 1. The van der Waals surface area contributed by atoms with E-state index < -0.39 is 0 Å². The topological polar surface area (TPSA) is 27.6 Å². The van der Waals surface area contributed by atoms with Gasteiger partial charge in [0.15, 0.2) is 0 Å². The third-order valence-corrected chi connectivity index (χ3v) is 3.82. The molecule has 0 fully saturated rings. The smallest absolute Gasteiger partial charge is 0.0909 e. The molecule has 116 valence electrons. The molecule has 0 amide bonds. The highest BCUT2D eigenvalue weighted by Crippen LogP contribution is 2.32. The third kappa shape index (κ3) is 4.25. The van der Waals surface area contributed by atoms with Gasteiger partial charge in [0.05, 0.1) is 22.7 Å². The van der Waals surface area contributed by atoms with Crippen molar-refractivity contribution in [3.8, 4) is 0 Å². The summed E-state index contributed by atoms with van der Waals surface area (Å²) in [6, 6.07) is 12.2. The second-order valence-electron chi connectivity index (χ2n) is 5.43. The van der Waals surface area contributed by atoms with Crippen molar-refractivity contribution in [1.29, 1.82) is 0 Å². The summed E-state index contributed by atoms with van der Waals surface area (Å²) in [6.45, 7) is 7.11. The summed E-state index contributed by atoms with van der Waals surface area (Å²) in [5.74, 6) is 0. The fourth-order valence-corrected chi connectivity index (χ4v) is 2.15. The van der Waals surface area contributed by atoms with Crippen LogP contribution in [-0.4, -0.2) is 24.8 Å². The molecule has 0 bridgehead atoms. The minimum absolute atomic E-state index is 0.664. The van der Waals surface area contributed by atoms with Gasteiger partial charge in [0.2, 0.25) is 0 Å². The number of hydrogen-bond acceptors (Lipinski definition) is 2. The van der Waals surface area contributed by atoms with Crippen molar-refractivity contribution < 1.29 is 0 Å². The first-order chi connectivity index (χ1) is 10.5. The van der Waals surface area contributed by atoms with Crippen LogP contribution in [0.3, 0.4) is 0 Å². The SMILES string of the molecule is CCN(C)/C=N\c1cc(Cl)c(Nc2ccc(C)cc2)cc1C. The monoisotopic (exact) mass is 315 g/mol. The van der Waals surface area contributed by atoms with Crippen LogP contribution in [0.25, 0.3) is 0 Å². The van der Waals surface area contributed by atoms with Gasteiger partial charge >= 0.3 is 0 Å². The molecular weight excluding hydrogens is 294 g/mol. The summed E-state index contributed by atoms with van der Waals surface area (Å²) < 4.78 is 0. The Balaban J connectivity index is 2.22. The van der Waals surface area contributed by atoms with E-state index in [-0.39, 0.29) is 0 Å². The lowest BCUT2D eigenvalue weighted by molar-refractivity contribution is 0.552. The Morgan fingerprint density at radius 2 is 1.86 bits per heavy atom. The Morgan fingerprint density at radius 3 is 2.50 bits per heavy atom. The van der Waals surface area contributed by atoms with E-state index >= 15 is 0 Å². The maximum atomic E-state index is 6.38. The Morgan fingerprint density at radius 1 is 1.18 bits per heavy atom. The Kier molecular flexibility index (Phi) is 5.45. The molecule has 0 spiro atoms. The van der Waals surface area contributed by atoms with E-state index in [0.29, 0.717) is 5.02 Å². The van der Waals surface area contributed by atoms with Crippen molar-refractivity contribution in [2.75, 3.05) is 18.9 Å². The van der Waals surface area contributed by atoms with Crippen LogP contribution in [0, 0.1) is 13.8 Å². The van der Waals surface area contributed by atoms with Crippen LogP contribution < -0.4 is 5.32 Å². The summed E-state index contributed by atoms with van der Waals surface area (Å²) in [5.41, 5.74) is 5.12. The molecule has 0 unspecified atom stereocenters. The Hall–Kier alpha value is -2.00. The van der Waals surface area contributed by atoms with Crippen LogP contribution in [0.15, 0.2) is 41.4 Å². The quantitative estimate of drug-likeness (QED) is 0.598. The number of hydrogen-bond donors (Lipinski definition) is 1. The van der Waals surface area contributed by atoms with Gasteiger partial charge in [0.1, 0.15) is 0 Å². The lowest BCUT2D eigenvalue weighted by atomic mass is 10.1. The standard InChI is InChI=1S/C18H22ClN3/c1-5-22(4)12-20-17-11-16(19)18(10-14(17)3)21-15-8-6-13(2)7-9-15/h6-12,21H,5H2,1-4H3/b20-12-. The number of anilines is 2. The molecule has 0 aliphatic rings. The molecule has 0 saturated carbocycles. The fourth-order valence-electron chi connectivity index (χ4n) is 1.94. The molecule has 0 aliphatic carbocycles. The van der Waals surface area contributed by atoms with Crippen LogP contribution in [0.4, 0.5) is 17.1 Å². The van der Waals surface area contributed by atoms with Crippen molar-refractivity contribution in [3.05, 3.63) is 52.5 Å². The molecule has 0 radical (unpaired) electrons. The van der Waals surface area contributed by atoms with Gasteiger partial charge in [-0.2, -0.15) is 0 Å². The zero-order valence-corrected chi connectivity index (χ0v) is 14.3. The van der Waals surface area contributed by atoms with Gasteiger partial charge in [-0.25, -0.2) is 4.99 Å². The molecule has 0 saturated heterocycles.